The first-order chi connectivity index (χ1) is 15.8. The smallest absolute Gasteiger partial charge is 0.254 e. The summed E-state index contributed by atoms with van der Waals surface area (Å²) in [6, 6.07) is 13.9. The lowest BCUT2D eigenvalue weighted by atomic mass is 10.0. The van der Waals surface area contributed by atoms with E-state index < -0.39 is 0 Å². The van der Waals surface area contributed by atoms with Gasteiger partial charge in [0.1, 0.15) is 0 Å². The summed E-state index contributed by atoms with van der Waals surface area (Å²) in [5, 5.41) is 2.14. The molecule has 0 unspecified atom stereocenters. The van der Waals surface area contributed by atoms with Crippen molar-refractivity contribution in [3.8, 4) is 11.5 Å². The van der Waals surface area contributed by atoms with Crippen LogP contribution >= 0.6 is 11.3 Å². The molecule has 4 heterocycles. The third-order valence-electron chi connectivity index (χ3n) is 6.21. The fourth-order valence-corrected chi connectivity index (χ4v) is 5.13. The Labute approximate surface area is 192 Å². The maximum Gasteiger partial charge on any atom is 0.254 e. The van der Waals surface area contributed by atoms with Crippen molar-refractivity contribution < 1.29 is 14.3 Å². The molecule has 0 bridgehead atoms. The average molecular weight is 450 g/mol. The van der Waals surface area contributed by atoms with Gasteiger partial charge in [-0.05, 0) is 60.5 Å². The van der Waals surface area contributed by atoms with Gasteiger partial charge in [-0.2, -0.15) is 0 Å². The normalized spacial score (nSPS) is 16.2. The zero-order chi connectivity index (χ0) is 21.8. The van der Waals surface area contributed by atoms with Crippen LogP contribution in [0, 0.1) is 0 Å². The molecular weight excluding hydrogens is 422 g/mol. The van der Waals surface area contributed by atoms with E-state index in [0.29, 0.717) is 23.6 Å². The van der Waals surface area contributed by atoms with Crippen LogP contribution in [0.25, 0.3) is 0 Å². The number of pyridine rings is 1. The minimum Gasteiger partial charge on any atom is -0.454 e. The van der Waals surface area contributed by atoms with Gasteiger partial charge in [0.2, 0.25) is 6.79 Å². The average Bonchev–Trinajstić information content (AvgIpc) is 3.53. The molecule has 0 atom stereocenters. The summed E-state index contributed by atoms with van der Waals surface area (Å²) in [7, 11) is 0. The Balaban J connectivity index is 1.28. The van der Waals surface area contributed by atoms with Crippen LogP contribution in [0.15, 0.2) is 60.2 Å². The molecule has 0 radical (unpaired) electrons. The molecule has 7 heteroatoms. The highest BCUT2D eigenvalue weighted by Gasteiger charge is 2.29. The molecule has 1 aromatic carbocycles. The summed E-state index contributed by atoms with van der Waals surface area (Å²) in [6.07, 6.45) is 6.65. The summed E-state index contributed by atoms with van der Waals surface area (Å²) in [6.45, 7) is 3.85. The first-order valence-electron chi connectivity index (χ1n) is 11.1. The molecule has 2 aromatic heterocycles. The highest BCUT2D eigenvalue weighted by atomic mass is 32.1. The van der Waals surface area contributed by atoms with Crippen molar-refractivity contribution in [2.24, 2.45) is 0 Å². The van der Waals surface area contributed by atoms with Crippen molar-refractivity contribution in [2.75, 3.05) is 26.4 Å². The number of aromatic nitrogens is 1. The van der Waals surface area contributed by atoms with E-state index in [0.717, 1.165) is 44.5 Å². The Kier molecular flexibility index (Phi) is 6.36. The van der Waals surface area contributed by atoms with Gasteiger partial charge in [-0.25, -0.2) is 0 Å². The van der Waals surface area contributed by atoms with E-state index in [2.05, 4.69) is 27.4 Å². The lowest BCUT2D eigenvalue weighted by molar-refractivity contribution is 0.0550. The minimum absolute atomic E-state index is 0.0317. The minimum atomic E-state index is 0.0317. The maximum atomic E-state index is 13.6. The van der Waals surface area contributed by atoms with Crippen molar-refractivity contribution in [1.82, 2.24) is 14.8 Å². The SMILES string of the molecule is O=C(c1ccc2c(c1)OCO2)N(Cc1cccnc1)C1CCN(CCc2cccs2)CC1. The number of rotatable bonds is 7. The van der Waals surface area contributed by atoms with Crippen LogP contribution in [0.5, 0.6) is 11.5 Å². The Morgan fingerprint density at radius 1 is 1.12 bits per heavy atom. The van der Waals surface area contributed by atoms with Gasteiger partial charge < -0.3 is 19.3 Å². The van der Waals surface area contributed by atoms with Gasteiger partial charge in [0.25, 0.3) is 5.91 Å². The second kappa shape index (κ2) is 9.71. The zero-order valence-electron chi connectivity index (χ0n) is 18.0. The number of ether oxygens (including phenoxy) is 2. The summed E-state index contributed by atoms with van der Waals surface area (Å²) in [5.41, 5.74) is 1.68. The second-order valence-corrected chi connectivity index (χ2v) is 9.30. The van der Waals surface area contributed by atoms with Crippen molar-refractivity contribution in [2.45, 2.75) is 31.8 Å². The van der Waals surface area contributed by atoms with Crippen LogP contribution in [0.4, 0.5) is 0 Å². The van der Waals surface area contributed by atoms with E-state index in [1.165, 1.54) is 4.88 Å². The molecule has 1 saturated heterocycles. The van der Waals surface area contributed by atoms with Gasteiger partial charge in [-0.15, -0.1) is 11.3 Å². The third kappa shape index (κ3) is 4.79. The number of piperidine rings is 1. The number of fused-ring (bicyclic) bond motifs is 1. The summed E-state index contributed by atoms with van der Waals surface area (Å²) < 4.78 is 10.9. The number of carbonyl (C=O) groups excluding carboxylic acids is 1. The predicted octanol–water partition coefficient (Wildman–Crippen LogP) is 4.22. The van der Waals surface area contributed by atoms with Crippen molar-refractivity contribution in [1.29, 1.82) is 0 Å². The van der Waals surface area contributed by atoms with Crippen LogP contribution in [0.1, 0.15) is 33.6 Å². The standard InChI is InChI=1S/C25H27N3O3S/c29-25(20-5-6-23-24(15-20)31-18-30-23)28(17-19-3-1-10-26-16-19)21-7-11-27(12-8-21)13-9-22-4-2-14-32-22/h1-6,10,14-16,21H,7-9,11-13,17-18H2. The Bertz CT molecular complexity index is 1030. The molecule has 32 heavy (non-hydrogen) atoms. The van der Waals surface area contributed by atoms with Gasteiger partial charge in [-0.1, -0.05) is 12.1 Å². The first-order valence-corrected chi connectivity index (χ1v) is 12.0. The predicted molar refractivity (Wildman–Crippen MR) is 124 cm³/mol. The van der Waals surface area contributed by atoms with E-state index in [1.54, 1.807) is 12.3 Å². The number of hydrogen-bond donors (Lipinski definition) is 0. The zero-order valence-corrected chi connectivity index (χ0v) is 18.8. The number of amides is 1. The number of likely N-dealkylation sites (tertiary alicyclic amines) is 1. The lowest BCUT2D eigenvalue weighted by Gasteiger charge is -2.38. The molecule has 5 rings (SSSR count). The van der Waals surface area contributed by atoms with Gasteiger partial charge >= 0.3 is 0 Å². The molecule has 0 aliphatic carbocycles. The van der Waals surface area contributed by atoms with E-state index in [4.69, 9.17) is 9.47 Å². The molecule has 2 aliphatic heterocycles. The quantitative estimate of drug-likeness (QED) is 0.541. The number of hydrogen-bond acceptors (Lipinski definition) is 6. The Hall–Kier alpha value is -2.90. The summed E-state index contributed by atoms with van der Waals surface area (Å²) in [4.78, 5) is 23.8. The second-order valence-electron chi connectivity index (χ2n) is 8.26. The van der Waals surface area contributed by atoms with Crippen LogP contribution in [0.3, 0.4) is 0 Å². The molecule has 1 amide bonds. The van der Waals surface area contributed by atoms with Gasteiger partial charge in [0, 0.05) is 55.1 Å². The number of thiophene rings is 1. The highest BCUT2D eigenvalue weighted by molar-refractivity contribution is 7.09. The van der Waals surface area contributed by atoms with Crippen molar-refractivity contribution in [3.63, 3.8) is 0 Å². The molecule has 0 saturated carbocycles. The van der Waals surface area contributed by atoms with E-state index in [1.807, 2.05) is 46.7 Å². The van der Waals surface area contributed by atoms with Crippen molar-refractivity contribution in [3.05, 3.63) is 76.2 Å². The highest BCUT2D eigenvalue weighted by Crippen LogP contribution is 2.33. The van der Waals surface area contributed by atoms with Crippen molar-refractivity contribution >= 4 is 17.2 Å². The molecular formula is C25H27N3O3S. The number of carbonyl (C=O) groups is 1. The van der Waals surface area contributed by atoms with Crippen LogP contribution in [-0.2, 0) is 13.0 Å². The number of nitrogens with zero attached hydrogens (tertiary/aromatic N) is 3. The van der Waals surface area contributed by atoms with Gasteiger partial charge in [-0.3, -0.25) is 9.78 Å². The Morgan fingerprint density at radius 2 is 2.00 bits per heavy atom. The first kappa shape index (κ1) is 21.0. The molecule has 2 aliphatic rings. The fraction of sp³-hybridized carbons (Fsp3) is 0.360. The topological polar surface area (TPSA) is 54.9 Å². The van der Waals surface area contributed by atoms with Crippen LogP contribution in [-0.4, -0.2) is 53.2 Å². The molecule has 1 fully saturated rings. The Morgan fingerprint density at radius 3 is 2.78 bits per heavy atom. The van der Waals surface area contributed by atoms with E-state index in [9.17, 15) is 4.79 Å². The molecule has 0 spiro atoms. The third-order valence-corrected chi connectivity index (χ3v) is 7.14. The molecule has 3 aromatic rings. The number of benzene rings is 1. The lowest BCUT2D eigenvalue weighted by Crippen LogP contribution is -2.47. The molecule has 6 nitrogen and oxygen atoms in total. The van der Waals surface area contributed by atoms with Crippen LogP contribution < -0.4 is 9.47 Å². The molecule has 166 valence electrons. The maximum absolute atomic E-state index is 13.6. The summed E-state index contributed by atoms with van der Waals surface area (Å²) >= 11 is 1.82. The van der Waals surface area contributed by atoms with E-state index in [-0.39, 0.29) is 18.7 Å². The summed E-state index contributed by atoms with van der Waals surface area (Å²) in [5.74, 6) is 1.36. The van der Waals surface area contributed by atoms with Gasteiger partial charge in [0.15, 0.2) is 11.5 Å². The largest absolute Gasteiger partial charge is 0.454 e. The fourth-order valence-electron chi connectivity index (χ4n) is 4.43. The van der Waals surface area contributed by atoms with Crippen LogP contribution in [0.2, 0.25) is 0 Å². The van der Waals surface area contributed by atoms with E-state index >= 15 is 0 Å². The molecule has 0 N–H and O–H groups in total. The van der Waals surface area contributed by atoms with Gasteiger partial charge in [0.05, 0.1) is 0 Å². The monoisotopic (exact) mass is 449 g/mol.